The van der Waals surface area contributed by atoms with Crippen LogP contribution in [0.3, 0.4) is 0 Å². The van der Waals surface area contributed by atoms with E-state index < -0.39 is 0 Å². The first kappa shape index (κ1) is 12.8. The van der Waals surface area contributed by atoms with E-state index in [4.69, 9.17) is 11.6 Å². The minimum absolute atomic E-state index is 0.270. The Labute approximate surface area is 107 Å². The van der Waals surface area contributed by atoms with E-state index in [0.29, 0.717) is 11.1 Å². The fourth-order valence-electron chi connectivity index (χ4n) is 2.44. The van der Waals surface area contributed by atoms with Gasteiger partial charge in [-0.25, -0.2) is 4.39 Å². The number of halogens is 2. The Bertz CT molecular complexity index is 378. The molecule has 4 heteroatoms. The number of benzene rings is 1. The normalized spacial score (nSPS) is 19.2. The third-order valence-electron chi connectivity index (χ3n) is 3.30. The molecule has 94 valence electrons. The van der Waals surface area contributed by atoms with Gasteiger partial charge in [0.15, 0.2) is 0 Å². The Balaban J connectivity index is 2.21. The summed E-state index contributed by atoms with van der Waals surface area (Å²) in [5, 5.41) is 3.87. The van der Waals surface area contributed by atoms with Crippen molar-refractivity contribution in [1.82, 2.24) is 10.2 Å². The van der Waals surface area contributed by atoms with E-state index in [1.165, 1.54) is 12.1 Å². The van der Waals surface area contributed by atoms with Crippen molar-refractivity contribution in [3.8, 4) is 0 Å². The van der Waals surface area contributed by atoms with E-state index >= 15 is 0 Å². The summed E-state index contributed by atoms with van der Waals surface area (Å²) in [6, 6.07) is 5.01. The lowest BCUT2D eigenvalue weighted by Gasteiger charge is -2.35. The highest BCUT2D eigenvalue weighted by Crippen LogP contribution is 2.30. The Hall–Kier alpha value is -0.640. The maximum absolute atomic E-state index is 13.0. The van der Waals surface area contributed by atoms with Gasteiger partial charge in [-0.3, -0.25) is 4.90 Å². The molecule has 0 radical (unpaired) electrons. The smallest absolute Gasteiger partial charge is 0.124 e. The van der Waals surface area contributed by atoms with Crippen LogP contribution in [0.2, 0.25) is 5.02 Å². The highest BCUT2D eigenvalue weighted by Gasteiger charge is 2.22. The van der Waals surface area contributed by atoms with Crippen LogP contribution < -0.4 is 5.32 Å². The number of hydrogen-bond acceptors (Lipinski definition) is 2. The molecule has 0 unspecified atom stereocenters. The van der Waals surface area contributed by atoms with Gasteiger partial charge in [0.2, 0.25) is 0 Å². The average molecular weight is 257 g/mol. The summed E-state index contributed by atoms with van der Waals surface area (Å²) in [7, 11) is 0. The lowest BCUT2D eigenvalue weighted by molar-refractivity contribution is 0.169. The van der Waals surface area contributed by atoms with Crippen molar-refractivity contribution in [3.63, 3.8) is 0 Å². The van der Waals surface area contributed by atoms with Crippen LogP contribution in [-0.2, 0) is 0 Å². The van der Waals surface area contributed by atoms with Gasteiger partial charge in [0.05, 0.1) is 0 Å². The van der Waals surface area contributed by atoms with Crippen molar-refractivity contribution in [1.29, 1.82) is 0 Å². The molecule has 2 nitrogen and oxygen atoms in total. The van der Waals surface area contributed by atoms with Crippen LogP contribution in [0.25, 0.3) is 0 Å². The quantitative estimate of drug-likeness (QED) is 0.895. The van der Waals surface area contributed by atoms with Crippen LogP contribution in [-0.4, -0.2) is 31.1 Å². The summed E-state index contributed by atoms with van der Waals surface area (Å²) in [5.41, 5.74) is 1.04. The molecule has 2 rings (SSSR count). The van der Waals surface area contributed by atoms with Crippen LogP contribution in [0.15, 0.2) is 18.2 Å². The van der Waals surface area contributed by atoms with Gasteiger partial charge in [0.25, 0.3) is 0 Å². The molecule has 0 aliphatic carbocycles. The summed E-state index contributed by atoms with van der Waals surface area (Å²) in [6.45, 7) is 6.20. The van der Waals surface area contributed by atoms with Crippen LogP contribution in [0.4, 0.5) is 4.39 Å². The van der Waals surface area contributed by atoms with Crippen molar-refractivity contribution in [2.75, 3.05) is 26.2 Å². The van der Waals surface area contributed by atoms with E-state index in [2.05, 4.69) is 17.1 Å². The number of nitrogens with one attached hydrogen (secondary N) is 1. The molecular formula is C13H18ClFN2. The Morgan fingerprint density at radius 1 is 1.41 bits per heavy atom. The van der Waals surface area contributed by atoms with Crippen LogP contribution in [0.5, 0.6) is 0 Å². The number of nitrogens with zero attached hydrogens (tertiary/aromatic N) is 1. The third kappa shape index (κ3) is 2.97. The zero-order valence-corrected chi connectivity index (χ0v) is 10.8. The molecule has 0 bridgehead atoms. The summed E-state index contributed by atoms with van der Waals surface area (Å²) in [6.07, 6.45) is 0.991. The molecule has 1 atom stereocenters. The zero-order chi connectivity index (χ0) is 12.3. The molecular weight excluding hydrogens is 239 g/mol. The van der Waals surface area contributed by atoms with Crippen molar-refractivity contribution in [3.05, 3.63) is 34.6 Å². The van der Waals surface area contributed by atoms with Gasteiger partial charge in [-0.1, -0.05) is 24.6 Å². The molecule has 0 aromatic heterocycles. The number of piperazine rings is 1. The monoisotopic (exact) mass is 256 g/mol. The van der Waals surface area contributed by atoms with Crippen molar-refractivity contribution >= 4 is 11.6 Å². The van der Waals surface area contributed by atoms with Crippen molar-refractivity contribution in [2.45, 2.75) is 19.4 Å². The Kier molecular flexibility index (Phi) is 4.37. The molecule has 0 amide bonds. The van der Waals surface area contributed by atoms with E-state index in [0.717, 1.165) is 38.2 Å². The highest BCUT2D eigenvalue weighted by molar-refractivity contribution is 6.31. The van der Waals surface area contributed by atoms with E-state index in [1.807, 2.05) is 6.07 Å². The SMILES string of the molecule is CC[C@@H](c1ccc(F)cc1Cl)N1CCNCC1. The first-order chi connectivity index (χ1) is 8.22. The molecule has 0 saturated carbocycles. The number of hydrogen-bond donors (Lipinski definition) is 1. The second-order valence-electron chi connectivity index (χ2n) is 4.38. The van der Waals surface area contributed by atoms with E-state index in [9.17, 15) is 4.39 Å². The molecule has 1 saturated heterocycles. The molecule has 1 aliphatic rings. The maximum Gasteiger partial charge on any atom is 0.124 e. The van der Waals surface area contributed by atoms with Crippen LogP contribution >= 0.6 is 11.6 Å². The second kappa shape index (κ2) is 5.80. The molecule has 1 N–H and O–H groups in total. The largest absolute Gasteiger partial charge is 0.314 e. The van der Waals surface area contributed by atoms with E-state index in [-0.39, 0.29) is 5.82 Å². The summed E-state index contributed by atoms with van der Waals surface area (Å²) in [4.78, 5) is 2.41. The lowest BCUT2D eigenvalue weighted by atomic mass is 10.0. The molecule has 1 fully saturated rings. The Morgan fingerprint density at radius 3 is 2.71 bits per heavy atom. The predicted molar refractivity (Wildman–Crippen MR) is 68.9 cm³/mol. The predicted octanol–water partition coefficient (Wildman–Crippen LogP) is 2.84. The van der Waals surface area contributed by atoms with Crippen molar-refractivity contribution in [2.24, 2.45) is 0 Å². The van der Waals surface area contributed by atoms with Gasteiger partial charge in [0, 0.05) is 37.2 Å². The van der Waals surface area contributed by atoms with Gasteiger partial charge in [-0.2, -0.15) is 0 Å². The van der Waals surface area contributed by atoms with Gasteiger partial charge >= 0.3 is 0 Å². The second-order valence-corrected chi connectivity index (χ2v) is 4.78. The van der Waals surface area contributed by atoms with Gasteiger partial charge in [-0.05, 0) is 24.1 Å². The standard InChI is InChI=1S/C13H18ClFN2/c1-2-13(17-7-5-16-6-8-17)11-4-3-10(15)9-12(11)14/h3-4,9,13,16H,2,5-8H2,1H3/t13-/m0/s1. The summed E-state index contributed by atoms with van der Waals surface area (Å²) < 4.78 is 13.0. The van der Waals surface area contributed by atoms with Crippen molar-refractivity contribution < 1.29 is 4.39 Å². The minimum Gasteiger partial charge on any atom is -0.314 e. The molecule has 17 heavy (non-hydrogen) atoms. The summed E-state index contributed by atoms with van der Waals surface area (Å²) >= 11 is 6.14. The van der Waals surface area contributed by atoms with Gasteiger partial charge in [0.1, 0.15) is 5.82 Å². The average Bonchev–Trinajstić information content (AvgIpc) is 2.34. The molecule has 1 aromatic rings. The van der Waals surface area contributed by atoms with Gasteiger partial charge < -0.3 is 5.32 Å². The first-order valence-corrected chi connectivity index (χ1v) is 6.50. The maximum atomic E-state index is 13.0. The van der Waals surface area contributed by atoms with Gasteiger partial charge in [-0.15, -0.1) is 0 Å². The zero-order valence-electron chi connectivity index (χ0n) is 10.0. The fraction of sp³-hybridized carbons (Fsp3) is 0.538. The van der Waals surface area contributed by atoms with E-state index in [1.54, 1.807) is 0 Å². The fourth-order valence-corrected chi connectivity index (χ4v) is 2.73. The Morgan fingerprint density at radius 2 is 2.12 bits per heavy atom. The lowest BCUT2D eigenvalue weighted by Crippen LogP contribution is -2.45. The summed E-state index contributed by atoms with van der Waals surface area (Å²) in [5.74, 6) is -0.270. The minimum atomic E-state index is -0.270. The molecule has 0 spiro atoms. The van der Waals surface area contributed by atoms with Crippen LogP contribution in [0.1, 0.15) is 24.9 Å². The first-order valence-electron chi connectivity index (χ1n) is 6.12. The molecule has 1 aromatic carbocycles. The highest BCUT2D eigenvalue weighted by atomic mass is 35.5. The third-order valence-corrected chi connectivity index (χ3v) is 3.63. The molecule has 1 aliphatic heterocycles. The number of rotatable bonds is 3. The van der Waals surface area contributed by atoms with Crippen LogP contribution in [0, 0.1) is 5.82 Å². The molecule has 1 heterocycles. The topological polar surface area (TPSA) is 15.3 Å².